The van der Waals surface area contributed by atoms with Gasteiger partial charge in [-0.2, -0.15) is 0 Å². The molecule has 24 heavy (non-hydrogen) atoms. The molecule has 3 rings (SSSR count). The van der Waals surface area contributed by atoms with Crippen molar-refractivity contribution in [3.63, 3.8) is 0 Å². The Hall–Kier alpha value is -1.59. The van der Waals surface area contributed by atoms with Crippen LogP contribution in [0, 0.1) is 5.41 Å². The van der Waals surface area contributed by atoms with Crippen LogP contribution in [0.2, 0.25) is 0 Å². The minimum absolute atomic E-state index is 0.356. The van der Waals surface area contributed by atoms with Gasteiger partial charge in [-0.1, -0.05) is 24.3 Å². The quantitative estimate of drug-likeness (QED) is 0.665. The van der Waals surface area contributed by atoms with Crippen molar-refractivity contribution >= 4 is 5.96 Å². The van der Waals surface area contributed by atoms with Crippen molar-refractivity contribution in [2.75, 3.05) is 40.0 Å². The van der Waals surface area contributed by atoms with Crippen molar-refractivity contribution in [3.8, 4) is 0 Å². The van der Waals surface area contributed by atoms with Crippen LogP contribution in [0.15, 0.2) is 29.3 Å². The molecule has 2 heterocycles. The van der Waals surface area contributed by atoms with E-state index in [2.05, 4.69) is 41.4 Å². The van der Waals surface area contributed by atoms with Crippen molar-refractivity contribution in [2.45, 2.75) is 32.9 Å². The van der Waals surface area contributed by atoms with Gasteiger partial charge in [0.2, 0.25) is 0 Å². The topological polar surface area (TPSA) is 46.1 Å². The van der Waals surface area contributed by atoms with Gasteiger partial charge in [-0.25, -0.2) is 4.99 Å². The van der Waals surface area contributed by atoms with Crippen LogP contribution in [-0.2, 0) is 22.6 Å². The number of guanidine groups is 1. The summed E-state index contributed by atoms with van der Waals surface area (Å²) in [6, 6.07) is 8.47. The fraction of sp³-hybridized carbons (Fsp3) is 0.632. The molecule has 0 amide bonds. The van der Waals surface area contributed by atoms with Gasteiger partial charge in [0.05, 0.1) is 19.8 Å². The summed E-state index contributed by atoms with van der Waals surface area (Å²) in [6.07, 6.45) is 2.39. The third-order valence-electron chi connectivity index (χ3n) is 4.97. The van der Waals surface area contributed by atoms with Gasteiger partial charge in [0.25, 0.3) is 0 Å². The van der Waals surface area contributed by atoms with E-state index in [1.54, 1.807) is 7.11 Å². The third kappa shape index (κ3) is 4.08. The third-order valence-corrected chi connectivity index (χ3v) is 4.97. The van der Waals surface area contributed by atoms with E-state index in [-0.39, 0.29) is 0 Å². The van der Waals surface area contributed by atoms with Crippen molar-refractivity contribution in [3.05, 3.63) is 35.4 Å². The average molecular weight is 331 g/mol. The Morgan fingerprint density at radius 3 is 3.00 bits per heavy atom. The van der Waals surface area contributed by atoms with Gasteiger partial charge in [0.15, 0.2) is 5.96 Å². The number of ether oxygens (including phenoxy) is 2. The smallest absolute Gasteiger partial charge is 0.194 e. The summed E-state index contributed by atoms with van der Waals surface area (Å²) in [5.41, 5.74) is 2.77. The van der Waals surface area contributed by atoms with Crippen LogP contribution in [0.3, 0.4) is 0 Å². The van der Waals surface area contributed by atoms with Gasteiger partial charge >= 0.3 is 0 Å². The Kier molecular flexibility index (Phi) is 5.74. The maximum atomic E-state index is 5.64. The number of hydrogen-bond acceptors (Lipinski definition) is 3. The molecule has 1 aromatic rings. The summed E-state index contributed by atoms with van der Waals surface area (Å²) in [4.78, 5) is 7.27. The van der Waals surface area contributed by atoms with Crippen molar-refractivity contribution in [1.82, 2.24) is 10.2 Å². The number of methoxy groups -OCH3 is 1. The lowest BCUT2D eigenvalue weighted by molar-refractivity contribution is 0.156. The van der Waals surface area contributed by atoms with E-state index in [4.69, 9.17) is 14.5 Å². The molecule has 1 aromatic carbocycles. The first kappa shape index (κ1) is 17.2. The Balaban J connectivity index is 1.66. The molecule has 2 fully saturated rings. The second kappa shape index (κ2) is 7.99. The molecule has 0 aromatic heterocycles. The lowest BCUT2D eigenvalue weighted by atomic mass is 9.87. The first-order chi connectivity index (χ1) is 11.7. The minimum atomic E-state index is 0.356. The van der Waals surface area contributed by atoms with E-state index >= 15 is 0 Å². The molecule has 0 saturated carbocycles. The minimum Gasteiger partial charge on any atom is -0.381 e. The molecule has 1 atom stereocenters. The van der Waals surface area contributed by atoms with Crippen LogP contribution in [0.25, 0.3) is 0 Å². The van der Waals surface area contributed by atoms with E-state index in [1.165, 1.54) is 24.0 Å². The lowest BCUT2D eigenvalue weighted by Crippen LogP contribution is -2.41. The van der Waals surface area contributed by atoms with Gasteiger partial charge in [-0.15, -0.1) is 0 Å². The van der Waals surface area contributed by atoms with E-state index in [0.29, 0.717) is 18.6 Å². The zero-order valence-corrected chi connectivity index (χ0v) is 14.9. The highest BCUT2D eigenvalue weighted by Gasteiger charge is 2.42. The van der Waals surface area contributed by atoms with Gasteiger partial charge in [0.1, 0.15) is 0 Å². The van der Waals surface area contributed by atoms with Crippen LogP contribution in [0.5, 0.6) is 0 Å². The summed E-state index contributed by atoms with van der Waals surface area (Å²) >= 11 is 0. The van der Waals surface area contributed by atoms with Gasteiger partial charge < -0.3 is 19.7 Å². The fourth-order valence-electron chi connectivity index (χ4n) is 3.66. The average Bonchev–Trinajstić information content (AvgIpc) is 3.22. The van der Waals surface area contributed by atoms with Crippen molar-refractivity contribution in [1.29, 1.82) is 0 Å². The zero-order chi connectivity index (χ0) is 16.8. The molecular formula is C19H29N3O2. The number of likely N-dealkylation sites (tertiary alicyclic amines) is 1. The molecule has 0 bridgehead atoms. The summed E-state index contributed by atoms with van der Waals surface area (Å²) < 4.78 is 10.9. The SMILES string of the molecule is CCNC(=NCc1cccc(COC)c1)N1CCC2(CCOC2)C1. The number of aliphatic imine (C=N–C) groups is 1. The van der Waals surface area contributed by atoms with Crippen LogP contribution in [0.1, 0.15) is 30.9 Å². The summed E-state index contributed by atoms with van der Waals surface area (Å²) in [6.45, 7) is 8.30. The molecule has 2 aliphatic heterocycles. The van der Waals surface area contributed by atoms with E-state index in [1.807, 2.05) is 0 Å². The molecule has 1 unspecified atom stereocenters. The Morgan fingerprint density at radius 2 is 2.25 bits per heavy atom. The number of benzene rings is 1. The summed E-state index contributed by atoms with van der Waals surface area (Å²) in [5.74, 6) is 1.03. The Bertz CT molecular complexity index is 567. The number of nitrogens with one attached hydrogen (secondary N) is 1. The highest BCUT2D eigenvalue weighted by Crippen LogP contribution is 2.38. The van der Waals surface area contributed by atoms with Crippen LogP contribution in [-0.4, -0.2) is 50.8 Å². The van der Waals surface area contributed by atoms with Crippen LogP contribution >= 0.6 is 0 Å². The predicted octanol–water partition coefficient (Wildman–Crippen LogP) is 2.41. The van der Waals surface area contributed by atoms with Gasteiger partial charge in [0, 0.05) is 38.8 Å². The molecule has 2 saturated heterocycles. The maximum absolute atomic E-state index is 5.64. The molecular weight excluding hydrogens is 302 g/mol. The van der Waals surface area contributed by atoms with E-state index < -0.39 is 0 Å². The molecule has 132 valence electrons. The van der Waals surface area contributed by atoms with Crippen molar-refractivity contribution in [2.24, 2.45) is 10.4 Å². The summed E-state index contributed by atoms with van der Waals surface area (Å²) in [7, 11) is 1.73. The van der Waals surface area contributed by atoms with Crippen LogP contribution in [0.4, 0.5) is 0 Å². The number of rotatable bonds is 5. The number of hydrogen-bond donors (Lipinski definition) is 1. The zero-order valence-electron chi connectivity index (χ0n) is 14.9. The highest BCUT2D eigenvalue weighted by atomic mass is 16.5. The fourth-order valence-corrected chi connectivity index (χ4v) is 3.66. The first-order valence-electron chi connectivity index (χ1n) is 8.92. The van der Waals surface area contributed by atoms with Gasteiger partial charge in [-0.05, 0) is 30.9 Å². The second-order valence-corrected chi connectivity index (χ2v) is 6.90. The molecule has 0 radical (unpaired) electrons. The maximum Gasteiger partial charge on any atom is 0.194 e. The Morgan fingerprint density at radius 1 is 1.38 bits per heavy atom. The van der Waals surface area contributed by atoms with Crippen LogP contribution < -0.4 is 5.32 Å². The van der Waals surface area contributed by atoms with Crippen molar-refractivity contribution < 1.29 is 9.47 Å². The van der Waals surface area contributed by atoms with Gasteiger partial charge in [-0.3, -0.25) is 0 Å². The molecule has 1 spiro atoms. The summed E-state index contributed by atoms with van der Waals surface area (Å²) in [5, 5.41) is 3.45. The molecule has 5 heteroatoms. The monoisotopic (exact) mass is 331 g/mol. The second-order valence-electron chi connectivity index (χ2n) is 6.90. The normalized spacial score (nSPS) is 24.1. The largest absolute Gasteiger partial charge is 0.381 e. The molecule has 2 aliphatic rings. The molecule has 5 nitrogen and oxygen atoms in total. The Labute approximate surface area is 145 Å². The van der Waals surface area contributed by atoms with E-state index in [9.17, 15) is 0 Å². The van der Waals surface area contributed by atoms with E-state index in [0.717, 1.165) is 38.8 Å². The first-order valence-corrected chi connectivity index (χ1v) is 8.92. The lowest BCUT2D eigenvalue weighted by Gasteiger charge is -2.25. The predicted molar refractivity (Wildman–Crippen MR) is 96.0 cm³/mol. The molecule has 0 aliphatic carbocycles. The number of nitrogens with zero attached hydrogens (tertiary/aromatic N) is 2. The molecule has 1 N–H and O–H groups in total. The standard InChI is InChI=1S/C19H29N3O2/c1-3-20-18(22-9-7-19(14-22)8-10-24-15-19)21-12-16-5-4-6-17(11-16)13-23-2/h4-6,11H,3,7-10,12-15H2,1-2H3,(H,20,21). The highest BCUT2D eigenvalue weighted by molar-refractivity contribution is 5.80.